The smallest absolute Gasteiger partial charge is 0.0714 e. The second kappa shape index (κ2) is 3.11. The first-order valence-electron chi connectivity index (χ1n) is 4.69. The molecule has 0 radical (unpaired) electrons. The molecule has 1 aliphatic heterocycles. The minimum Gasteiger partial charge on any atom is -0.377 e. The van der Waals surface area contributed by atoms with E-state index in [0.717, 1.165) is 19.1 Å². The molecular weight excluding hydrogens is 138 g/mol. The summed E-state index contributed by atoms with van der Waals surface area (Å²) in [5.41, 5.74) is 0. The molecule has 1 saturated heterocycles. The van der Waals surface area contributed by atoms with Crippen molar-refractivity contribution in [1.29, 1.82) is 0 Å². The number of nitrogens with one attached hydrogen (secondary N) is 1. The molecule has 0 bridgehead atoms. The molecule has 0 aromatic rings. The van der Waals surface area contributed by atoms with E-state index in [9.17, 15) is 0 Å². The molecule has 0 aromatic carbocycles. The van der Waals surface area contributed by atoms with Gasteiger partial charge in [-0.1, -0.05) is 0 Å². The van der Waals surface area contributed by atoms with Crippen molar-refractivity contribution in [1.82, 2.24) is 5.32 Å². The predicted octanol–water partition coefficient (Wildman–Crippen LogP) is 1.16. The van der Waals surface area contributed by atoms with Crippen molar-refractivity contribution in [2.75, 3.05) is 13.2 Å². The van der Waals surface area contributed by atoms with Gasteiger partial charge in [0, 0.05) is 19.2 Å². The fourth-order valence-corrected chi connectivity index (χ4v) is 1.58. The van der Waals surface area contributed by atoms with Crippen LogP contribution in [0.2, 0.25) is 0 Å². The van der Waals surface area contributed by atoms with E-state index in [2.05, 4.69) is 12.2 Å². The van der Waals surface area contributed by atoms with Gasteiger partial charge in [0.2, 0.25) is 0 Å². The Balaban J connectivity index is 1.62. The van der Waals surface area contributed by atoms with Crippen molar-refractivity contribution < 1.29 is 4.74 Å². The van der Waals surface area contributed by atoms with Crippen molar-refractivity contribution in [3.05, 3.63) is 0 Å². The van der Waals surface area contributed by atoms with Gasteiger partial charge in [-0.3, -0.25) is 0 Å². The lowest BCUT2D eigenvalue weighted by molar-refractivity contribution is 0.0581. The average molecular weight is 155 g/mol. The highest BCUT2D eigenvalue weighted by Crippen LogP contribution is 2.29. The van der Waals surface area contributed by atoms with Crippen molar-refractivity contribution in [3.63, 3.8) is 0 Å². The summed E-state index contributed by atoms with van der Waals surface area (Å²) < 4.78 is 5.73. The molecule has 2 fully saturated rings. The molecule has 2 atom stereocenters. The van der Waals surface area contributed by atoms with Crippen LogP contribution in [-0.2, 0) is 4.74 Å². The standard InChI is InChI=1S/C9H17NO/c1-7-4-9(5-10-7)11-6-8-2-3-8/h7-10H,2-6H2,1H3/t7-,9-/m0/s1. The fraction of sp³-hybridized carbons (Fsp3) is 1.00. The van der Waals surface area contributed by atoms with Gasteiger partial charge in [-0.25, -0.2) is 0 Å². The summed E-state index contributed by atoms with van der Waals surface area (Å²) in [4.78, 5) is 0. The van der Waals surface area contributed by atoms with Crippen LogP contribution in [0.1, 0.15) is 26.2 Å². The Bertz CT molecular complexity index is 134. The van der Waals surface area contributed by atoms with E-state index in [1.165, 1.54) is 19.3 Å². The molecule has 2 rings (SSSR count). The van der Waals surface area contributed by atoms with Crippen molar-refractivity contribution in [2.24, 2.45) is 5.92 Å². The molecule has 0 unspecified atom stereocenters. The summed E-state index contributed by atoms with van der Waals surface area (Å²) in [5.74, 6) is 0.908. The quantitative estimate of drug-likeness (QED) is 0.660. The predicted molar refractivity (Wildman–Crippen MR) is 44.5 cm³/mol. The monoisotopic (exact) mass is 155 g/mol. The Kier molecular flexibility index (Phi) is 2.14. The van der Waals surface area contributed by atoms with Crippen LogP contribution in [0.4, 0.5) is 0 Å². The summed E-state index contributed by atoms with van der Waals surface area (Å²) in [6.07, 6.45) is 4.50. The average Bonchev–Trinajstić information content (AvgIpc) is 2.72. The molecule has 2 heteroatoms. The number of rotatable bonds is 3. The number of ether oxygens (including phenoxy) is 1. The first-order valence-corrected chi connectivity index (χ1v) is 4.69. The summed E-state index contributed by atoms with van der Waals surface area (Å²) in [6.45, 7) is 4.30. The maximum Gasteiger partial charge on any atom is 0.0714 e. The first-order chi connectivity index (χ1) is 5.34. The lowest BCUT2D eigenvalue weighted by Gasteiger charge is -2.09. The second-order valence-corrected chi connectivity index (χ2v) is 3.94. The molecule has 1 saturated carbocycles. The summed E-state index contributed by atoms with van der Waals surface area (Å²) >= 11 is 0. The molecule has 0 aromatic heterocycles. The van der Waals surface area contributed by atoms with Gasteiger partial charge in [0.15, 0.2) is 0 Å². The van der Waals surface area contributed by atoms with Gasteiger partial charge in [-0.05, 0) is 32.1 Å². The first kappa shape index (κ1) is 7.56. The molecular formula is C9H17NO. The molecule has 64 valence electrons. The minimum absolute atomic E-state index is 0.505. The van der Waals surface area contributed by atoms with E-state index in [1.807, 2.05) is 0 Å². The topological polar surface area (TPSA) is 21.3 Å². The van der Waals surface area contributed by atoms with Gasteiger partial charge in [-0.2, -0.15) is 0 Å². The van der Waals surface area contributed by atoms with Crippen molar-refractivity contribution >= 4 is 0 Å². The van der Waals surface area contributed by atoms with Gasteiger partial charge in [0.05, 0.1) is 6.10 Å². The van der Waals surface area contributed by atoms with Crippen LogP contribution >= 0.6 is 0 Å². The molecule has 2 nitrogen and oxygen atoms in total. The molecule has 1 aliphatic carbocycles. The molecule has 1 N–H and O–H groups in total. The van der Waals surface area contributed by atoms with E-state index >= 15 is 0 Å². The van der Waals surface area contributed by atoms with E-state index in [-0.39, 0.29) is 0 Å². The zero-order valence-electron chi connectivity index (χ0n) is 7.18. The third kappa shape index (κ3) is 2.17. The van der Waals surface area contributed by atoms with Gasteiger partial charge in [0.25, 0.3) is 0 Å². The van der Waals surface area contributed by atoms with Gasteiger partial charge < -0.3 is 10.1 Å². The normalized spacial score (nSPS) is 37.9. The SMILES string of the molecule is C[C@H]1C[C@H](OCC2CC2)CN1. The second-order valence-electron chi connectivity index (χ2n) is 3.94. The van der Waals surface area contributed by atoms with Crippen molar-refractivity contribution in [2.45, 2.75) is 38.3 Å². The summed E-state index contributed by atoms with van der Waals surface area (Å²) in [7, 11) is 0. The molecule has 0 spiro atoms. The van der Waals surface area contributed by atoms with E-state index in [4.69, 9.17) is 4.74 Å². The van der Waals surface area contributed by atoms with Crippen LogP contribution in [0.25, 0.3) is 0 Å². The lowest BCUT2D eigenvalue weighted by Crippen LogP contribution is -2.19. The van der Waals surface area contributed by atoms with Crippen LogP contribution in [0, 0.1) is 5.92 Å². The highest BCUT2D eigenvalue weighted by molar-refractivity contribution is 4.80. The lowest BCUT2D eigenvalue weighted by atomic mass is 10.2. The van der Waals surface area contributed by atoms with E-state index in [0.29, 0.717) is 12.1 Å². The third-order valence-corrected chi connectivity index (χ3v) is 2.57. The van der Waals surface area contributed by atoms with Crippen LogP contribution in [-0.4, -0.2) is 25.3 Å². The Morgan fingerprint density at radius 2 is 2.27 bits per heavy atom. The van der Waals surface area contributed by atoms with Crippen molar-refractivity contribution in [3.8, 4) is 0 Å². The highest BCUT2D eigenvalue weighted by atomic mass is 16.5. The Morgan fingerprint density at radius 1 is 1.45 bits per heavy atom. The maximum atomic E-state index is 5.73. The van der Waals surface area contributed by atoms with Gasteiger partial charge in [-0.15, -0.1) is 0 Å². The maximum absolute atomic E-state index is 5.73. The zero-order chi connectivity index (χ0) is 7.68. The Hall–Kier alpha value is -0.0800. The molecule has 11 heavy (non-hydrogen) atoms. The molecule has 0 amide bonds. The molecule has 1 heterocycles. The number of hydrogen-bond donors (Lipinski definition) is 1. The third-order valence-electron chi connectivity index (χ3n) is 2.57. The Morgan fingerprint density at radius 3 is 2.82 bits per heavy atom. The summed E-state index contributed by atoms with van der Waals surface area (Å²) in [5, 5.41) is 3.39. The largest absolute Gasteiger partial charge is 0.377 e. The van der Waals surface area contributed by atoms with Crippen LogP contribution < -0.4 is 5.32 Å². The van der Waals surface area contributed by atoms with Gasteiger partial charge in [0.1, 0.15) is 0 Å². The summed E-state index contributed by atoms with van der Waals surface area (Å²) in [6, 6.07) is 0.666. The van der Waals surface area contributed by atoms with E-state index < -0.39 is 0 Å². The Labute approximate surface area is 68.3 Å². The van der Waals surface area contributed by atoms with E-state index in [1.54, 1.807) is 0 Å². The van der Waals surface area contributed by atoms with Crippen LogP contribution in [0.3, 0.4) is 0 Å². The molecule has 2 aliphatic rings. The highest BCUT2D eigenvalue weighted by Gasteiger charge is 2.26. The minimum atomic E-state index is 0.505. The number of hydrogen-bond acceptors (Lipinski definition) is 2. The van der Waals surface area contributed by atoms with Gasteiger partial charge >= 0.3 is 0 Å². The fourth-order valence-electron chi connectivity index (χ4n) is 1.58. The van der Waals surface area contributed by atoms with Crippen LogP contribution in [0.5, 0.6) is 0 Å². The zero-order valence-corrected chi connectivity index (χ0v) is 7.18. The van der Waals surface area contributed by atoms with Crippen LogP contribution in [0.15, 0.2) is 0 Å².